The number of nitrogen functional groups attached to an aromatic ring is 1. The number of anilines is 1. The molecule has 7 heteroatoms. The average Bonchev–Trinajstić information content (AvgIpc) is 2.68. The molecule has 0 spiro atoms. The monoisotopic (exact) mass is 272 g/mol. The summed E-state index contributed by atoms with van der Waals surface area (Å²) in [5.41, 5.74) is 5.92. The van der Waals surface area contributed by atoms with E-state index in [1.54, 1.807) is 4.90 Å². The molecule has 1 aliphatic heterocycles. The number of hydrogen-bond donors (Lipinski definition) is 1. The van der Waals surface area contributed by atoms with Crippen LogP contribution in [0.4, 0.5) is 14.5 Å². The number of amides is 1. The average molecular weight is 272 g/mol. The van der Waals surface area contributed by atoms with Crippen molar-refractivity contribution in [3.8, 4) is 0 Å². The first-order valence-electron chi connectivity index (χ1n) is 6.37. The number of likely N-dealkylation sites (tertiary alicyclic amines) is 1. The molecule has 19 heavy (non-hydrogen) atoms. The van der Waals surface area contributed by atoms with Gasteiger partial charge in [0.2, 0.25) is 0 Å². The second kappa shape index (κ2) is 5.54. The molecule has 1 unspecified atom stereocenters. The number of carbonyl (C=O) groups excluding carboxylic acids is 1. The fourth-order valence-corrected chi connectivity index (χ4v) is 2.36. The number of nitrogens with two attached hydrogens (primary N) is 1. The Bertz CT molecular complexity index is 461. The highest BCUT2D eigenvalue weighted by atomic mass is 19.3. The van der Waals surface area contributed by atoms with Gasteiger partial charge in [-0.1, -0.05) is 6.92 Å². The number of hydrogen-bond acceptors (Lipinski definition) is 3. The van der Waals surface area contributed by atoms with E-state index in [9.17, 15) is 13.6 Å². The number of aromatic nitrogens is 2. The van der Waals surface area contributed by atoms with Gasteiger partial charge in [-0.3, -0.25) is 9.48 Å². The Balaban J connectivity index is 2.12. The van der Waals surface area contributed by atoms with E-state index in [0.717, 1.165) is 17.5 Å². The van der Waals surface area contributed by atoms with Crippen molar-refractivity contribution in [1.82, 2.24) is 14.7 Å². The molecule has 0 bridgehead atoms. The van der Waals surface area contributed by atoms with Crippen molar-refractivity contribution in [2.75, 3.05) is 18.8 Å². The van der Waals surface area contributed by atoms with Crippen molar-refractivity contribution in [3.63, 3.8) is 0 Å². The van der Waals surface area contributed by atoms with Crippen molar-refractivity contribution in [2.24, 2.45) is 5.92 Å². The normalized spacial score (nSPS) is 20.0. The lowest BCUT2D eigenvalue weighted by Crippen LogP contribution is -2.39. The van der Waals surface area contributed by atoms with Crippen molar-refractivity contribution >= 4 is 11.6 Å². The maximum Gasteiger partial charge on any atom is 0.276 e. The molecule has 1 fully saturated rings. The molecule has 0 radical (unpaired) electrons. The van der Waals surface area contributed by atoms with E-state index in [1.165, 1.54) is 6.20 Å². The van der Waals surface area contributed by atoms with Crippen molar-refractivity contribution in [2.45, 2.75) is 32.7 Å². The van der Waals surface area contributed by atoms with E-state index in [2.05, 4.69) is 12.0 Å². The van der Waals surface area contributed by atoms with Crippen molar-refractivity contribution in [3.05, 3.63) is 11.9 Å². The van der Waals surface area contributed by atoms with E-state index in [4.69, 9.17) is 5.73 Å². The highest BCUT2D eigenvalue weighted by Gasteiger charge is 2.25. The number of piperidine rings is 1. The first-order valence-corrected chi connectivity index (χ1v) is 6.37. The molecule has 1 saturated heterocycles. The standard InChI is InChI=1S/C12H18F2N4O/c1-8-3-2-4-17(5-8)12(19)11-9(15)6-18(16-11)7-10(13)14/h6,8,10H,2-5,7,15H2,1H3. The van der Waals surface area contributed by atoms with Crippen molar-refractivity contribution < 1.29 is 13.6 Å². The fourth-order valence-electron chi connectivity index (χ4n) is 2.36. The second-order valence-electron chi connectivity index (χ2n) is 5.04. The zero-order chi connectivity index (χ0) is 14.0. The van der Waals surface area contributed by atoms with Gasteiger partial charge in [-0.05, 0) is 18.8 Å². The maximum atomic E-state index is 12.3. The smallest absolute Gasteiger partial charge is 0.276 e. The van der Waals surface area contributed by atoms with Crippen LogP contribution in [-0.4, -0.2) is 40.1 Å². The number of alkyl halides is 2. The van der Waals surface area contributed by atoms with Gasteiger partial charge in [0.05, 0.1) is 5.69 Å². The van der Waals surface area contributed by atoms with Gasteiger partial charge in [-0.15, -0.1) is 0 Å². The first kappa shape index (κ1) is 13.8. The largest absolute Gasteiger partial charge is 0.396 e. The van der Waals surface area contributed by atoms with Crippen LogP contribution in [0.25, 0.3) is 0 Å². The van der Waals surface area contributed by atoms with Crippen molar-refractivity contribution in [1.29, 1.82) is 0 Å². The molecule has 1 aliphatic rings. The Hall–Kier alpha value is -1.66. The topological polar surface area (TPSA) is 64.2 Å². The van der Waals surface area contributed by atoms with Gasteiger partial charge in [0.25, 0.3) is 12.3 Å². The number of nitrogens with zero attached hydrogens (tertiary/aromatic N) is 3. The Morgan fingerprint density at radius 3 is 3.00 bits per heavy atom. The molecule has 0 aromatic carbocycles. The minimum absolute atomic E-state index is 0.0785. The van der Waals surface area contributed by atoms with Crippen LogP contribution in [0, 0.1) is 5.92 Å². The summed E-state index contributed by atoms with van der Waals surface area (Å²) in [6.07, 6.45) is 0.813. The molecular formula is C12H18F2N4O. The third-order valence-corrected chi connectivity index (χ3v) is 3.26. The summed E-state index contributed by atoms with van der Waals surface area (Å²) in [5.74, 6) is 0.180. The SMILES string of the molecule is CC1CCCN(C(=O)c2nn(CC(F)F)cc2N)C1. The van der Waals surface area contributed by atoms with E-state index in [0.29, 0.717) is 19.0 Å². The molecule has 2 N–H and O–H groups in total. The predicted octanol–water partition coefficient (Wildman–Crippen LogP) is 1.60. The summed E-state index contributed by atoms with van der Waals surface area (Å²) in [5, 5.41) is 3.87. The summed E-state index contributed by atoms with van der Waals surface area (Å²) >= 11 is 0. The van der Waals surface area contributed by atoms with Crippen LogP contribution in [0.1, 0.15) is 30.3 Å². The maximum absolute atomic E-state index is 12.3. The highest BCUT2D eigenvalue weighted by Crippen LogP contribution is 2.20. The Morgan fingerprint density at radius 1 is 1.63 bits per heavy atom. The Morgan fingerprint density at radius 2 is 2.37 bits per heavy atom. The molecule has 1 aromatic heterocycles. The van der Waals surface area contributed by atoms with Crippen LogP contribution in [-0.2, 0) is 6.54 Å². The van der Waals surface area contributed by atoms with Gasteiger partial charge < -0.3 is 10.6 Å². The van der Waals surface area contributed by atoms with Crippen LogP contribution < -0.4 is 5.73 Å². The van der Waals surface area contributed by atoms with Crippen LogP contribution in [0.3, 0.4) is 0 Å². The third-order valence-electron chi connectivity index (χ3n) is 3.26. The minimum Gasteiger partial charge on any atom is -0.396 e. The fraction of sp³-hybridized carbons (Fsp3) is 0.667. The number of carbonyl (C=O) groups is 1. The Labute approximate surface area is 110 Å². The van der Waals surface area contributed by atoms with E-state index in [1.807, 2.05) is 0 Å². The van der Waals surface area contributed by atoms with Gasteiger partial charge in [-0.25, -0.2) is 8.78 Å². The zero-order valence-electron chi connectivity index (χ0n) is 10.9. The van der Waals surface area contributed by atoms with E-state index in [-0.39, 0.29) is 17.3 Å². The summed E-state index contributed by atoms with van der Waals surface area (Å²) in [7, 11) is 0. The molecule has 2 heterocycles. The number of halogens is 2. The molecule has 0 aliphatic carbocycles. The first-order chi connectivity index (χ1) is 8.97. The van der Waals surface area contributed by atoms with Gasteiger partial charge in [-0.2, -0.15) is 5.10 Å². The lowest BCUT2D eigenvalue weighted by Gasteiger charge is -2.30. The van der Waals surface area contributed by atoms with Crippen LogP contribution >= 0.6 is 0 Å². The van der Waals surface area contributed by atoms with E-state index < -0.39 is 13.0 Å². The predicted molar refractivity (Wildman–Crippen MR) is 66.9 cm³/mol. The summed E-state index contributed by atoms with van der Waals surface area (Å²) < 4.78 is 25.6. The summed E-state index contributed by atoms with van der Waals surface area (Å²) in [4.78, 5) is 13.9. The summed E-state index contributed by atoms with van der Waals surface area (Å²) in [6.45, 7) is 2.87. The highest BCUT2D eigenvalue weighted by molar-refractivity contribution is 5.97. The minimum atomic E-state index is -2.52. The lowest BCUT2D eigenvalue weighted by atomic mass is 10.00. The molecule has 1 amide bonds. The van der Waals surface area contributed by atoms with Gasteiger partial charge in [0, 0.05) is 19.3 Å². The molecule has 1 aromatic rings. The molecule has 2 rings (SSSR count). The number of rotatable bonds is 3. The summed E-state index contributed by atoms with van der Waals surface area (Å²) in [6, 6.07) is 0. The molecular weight excluding hydrogens is 254 g/mol. The molecule has 1 atom stereocenters. The molecule has 0 saturated carbocycles. The third kappa shape index (κ3) is 3.21. The van der Waals surface area contributed by atoms with E-state index >= 15 is 0 Å². The Kier molecular flexibility index (Phi) is 4.01. The van der Waals surface area contributed by atoms with Gasteiger partial charge in [0.15, 0.2) is 5.69 Å². The van der Waals surface area contributed by atoms with Crippen LogP contribution in [0.2, 0.25) is 0 Å². The lowest BCUT2D eigenvalue weighted by molar-refractivity contribution is 0.0674. The zero-order valence-corrected chi connectivity index (χ0v) is 10.9. The quantitative estimate of drug-likeness (QED) is 0.909. The van der Waals surface area contributed by atoms with Gasteiger partial charge in [0.1, 0.15) is 6.54 Å². The van der Waals surface area contributed by atoms with Crippen LogP contribution in [0.15, 0.2) is 6.20 Å². The van der Waals surface area contributed by atoms with Crippen LogP contribution in [0.5, 0.6) is 0 Å². The molecule has 106 valence electrons. The second-order valence-corrected chi connectivity index (χ2v) is 5.04. The van der Waals surface area contributed by atoms with Gasteiger partial charge >= 0.3 is 0 Å². The molecule has 5 nitrogen and oxygen atoms in total.